The highest BCUT2D eigenvalue weighted by atomic mass is 32.1. The minimum Gasteiger partial charge on any atom is -0.489 e. The van der Waals surface area contributed by atoms with E-state index in [0.717, 1.165) is 71.9 Å². The van der Waals surface area contributed by atoms with Crippen LogP contribution >= 0.6 is 11.3 Å². The smallest absolute Gasteiger partial charge is 0.417 e. The van der Waals surface area contributed by atoms with Crippen LogP contribution in [0.25, 0.3) is 10.4 Å². The average molecular weight is 1040 g/mol. The van der Waals surface area contributed by atoms with Crippen LogP contribution in [0.15, 0.2) is 72.2 Å². The third-order valence-electron chi connectivity index (χ3n) is 15.2. The first-order valence-electron chi connectivity index (χ1n) is 25.4. The molecule has 3 aromatic carbocycles. The molecule has 1 unspecified atom stereocenters. The number of carbonyl (C=O) groups excluding carboxylic acids is 4. The number of benzene rings is 3. The molecule has 398 valence electrons. The van der Waals surface area contributed by atoms with Crippen molar-refractivity contribution in [1.29, 1.82) is 5.26 Å². The highest BCUT2D eigenvalue weighted by Crippen LogP contribution is 2.56. The van der Waals surface area contributed by atoms with Crippen LogP contribution in [-0.2, 0) is 31.7 Å². The zero-order valence-corrected chi connectivity index (χ0v) is 45.0. The summed E-state index contributed by atoms with van der Waals surface area (Å²) in [5.74, 6) is -1.07. The van der Waals surface area contributed by atoms with E-state index in [9.17, 15) is 37.6 Å². The van der Waals surface area contributed by atoms with E-state index in [2.05, 4.69) is 30.7 Å². The van der Waals surface area contributed by atoms with E-state index in [1.807, 2.05) is 104 Å². The number of aryl methyl sites for hydroxylation is 2. The van der Waals surface area contributed by atoms with Gasteiger partial charge in [-0.05, 0) is 85.7 Å². The molecule has 3 fully saturated rings. The number of aromatic nitrogens is 1. The van der Waals surface area contributed by atoms with Crippen LogP contribution in [0.4, 0.5) is 13.2 Å². The van der Waals surface area contributed by atoms with Gasteiger partial charge in [-0.1, -0.05) is 84.9 Å². The number of hydrogen-bond donors (Lipinski definition) is 3. The SMILES string of the molecule is CO[C@@H]1C[C@@H](C(=O)NC(C)c2ccc(-c3scnc3C)cc2)N(C(=O)[C@@H](NC(=O)CN2CCN(CCCc3ccc(C(=O)NC4C(C)(C)C(Oc5ccc(C#N)c(C(F)(F)F)c5)C4(C)C)cc3)CC2)C(C)(C)C)C1. The van der Waals surface area contributed by atoms with Crippen molar-refractivity contribution in [3.8, 4) is 22.3 Å². The molecule has 74 heavy (non-hydrogen) atoms. The Bertz CT molecular complexity index is 2670. The maximum Gasteiger partial charge on any atom is 0.417 e. The number of alkyl halides is 3. The molecule has 7 rings (SSSR count). The first kappa shape index (κ1) is 55.9. The molecule has 18 heteroatoms. The first-order chi connectivity index (χ1) is 34.8. The van der Waals surface area contributed by atoms with Crippen LogP contribution in [0, 0.1) is 34.5 Å². The summed E-state index contributed by atoms with van der Waals surface area (Å²) in [4.78, 5) is 67.0. The number of rotatable bonds is 17. The van der Waals surface area contributed by atoms with Crippen LogP contribution in [-0.4, -0.2) is 127 Å². The van der Waals surface area contributed by atoms with Crippen LogP contribution in [0.5, 0.6) is 5.75 Å². The fourth-order valence-corrected chi connectivity index (χ4v) is 12.0. The molecule has 1 aliphatic carbocycles. The lowest BCUT2D eigenvalue weighted by Gasteiger charge is -2.63. The van der Waals surface area contributed by atoms with Crippen molar-refractivity contribution in [3.63, 3.8) is 0 Å². The molecule has 4 atom stereocenters. The Hall–Kier alpha value is -5.87. The summed E-state index contributed by atoms with van der Waals surface area (Å²) in [6.07, 6.45) is -3.50. The van der Waals surface area contributed by atoms with Crippen molar-refractivity contribution in [2.45, 2.75) is 124 Å². The van der Waals surface area contributed by atoms with Crippen LogP contribution in [0.1, 0.15) is 113 Å². The third-order valence-corrected chi connectivity index (χ3v) is 16.1. The van der Waals surface area contributed by atoms with Crippen LogP contribution < -0.4 is 20.7 Å². The van der Waals surface area contributed by atoms with Gasteiger partial charge in [-0.3, -0.25) is 24.1 Å². The van der Waals surface area contributed by atoms with Crippen molar-refractivity contribution in [2.75, 3.05) is 52.9 Å². The van der Waals surface area contributed by atoms with Crippen molar-refractivity contribution in [3.05, 3.63) is 106 Å². The molecule has 2 aliphatic heterocycles. The summed E-state index contributed by atoms with van der Waals surface area (Å²) < 4.78 is 52.7. The minimum absolute atomic E-state index is 0.0110. The number of ether oxygens (including phenoxy) is 2. The lowest BCUT2D eigenvalue weighted by atomic mass is 9.49. The van der Waals surface area contributed by atoms with E-state index in [0.29, 0.717) is 25.1 Å². The van der Waals surface area contributed by atoms with Gasteiger partial charge in [0, 0.05) is 68.7 Å². The molecule has 3 aliphatic rings. The molecular weight excluding hydrogens is 970 g/mol. The minimum atomic E-state index is -4.71. The molecule has 3 heterocycles. The highest BCUT2D eigenvalue weighted by Gasteiger charge is 2.64. The molecular formula is C56H71F3N8O6S. The summed E-state index contributed by atoms with van der Waals surface area (Å²) in [7, 11) is 1.58. The van der Waals surface area contributed by atoms with Gasteiger partial charge in [-0.2, -0.15) is 18.4 Å². The Morgan fingerprint density at radius 1 is 0.919 bits per heavy atom. The Balaban J connectivity index is 0.844. The summed E-state index contributed by atoms with van der Waals surface area (Å²) in [6.45, 7) is 21.5. The highest BCUT2D eigenvalue weighted by molar-refractivity contribution is 7.13. The number of halogens is 3. The van der Waals surface area contributed by atoms with Crippen molar-refractivity contribution in [2.24, 2.45) is 16.2 Å². The Morgan fingerprint density at radius 2 is 1.57 bits per heavy atom. The molecule has 14 nitrogen and oxygen atoms in total. The van der Waals surface area contributed by atoms with Gasteiger partial charge in [0.25, 0.3) is 5.91 Å². The lowest BCUT2D eigenvalue weighted by Crippen LogP contribution is -2.74. The number of amides is 4. The number of likely N-dealkylation sites (tertiary alicyclic amines) is 1. The number of nitrogens with zero attached hydrogens (tertiary/aromatic N) is 5. The lowest BCUT2D eigenvalue weighted by molar-refractivity contribution is -0.164. The number of nitriles is 1. The van der Waals surface area contributed by atoms with Gasteiger partial charge >= 0.3 is 6.18 Å². The maximum atomic E-state index is 14.4. The van der Waals surface area contributed by atoms with Crippen LogP contribution in [0.3, 0.4) is 0 Å². The fourth-order valence-electron chi connectivity index (χ4n) is 11.2. The van der Waals surface area contributed by atoms with Gasteiger partial charge in [0.1, 0.15) is 23.9 Å². The van der Waals surface area contributed by atoms with E-state index >= 15 is 0 Å². The van der Waals surface area contributed by atoms with E-state index in [1.165, 1.54) is 6.07 Å². The van der Waals surface area contributed by atoms with Gasteiger partial charge in [0.05, 0.1) is 52.0 Å². The quantitative estimate of drug-likeness (QED) is 0.0938. The number of nitrogens with one attached hydrogen (secondary N) is 3. The molecule has 0 spiro atoms. The van der Waals surface area contributed by atoms with E-state index < -0.39 is 51.7 Å². The second-order valence-corrected chi connectivity index (χ2v) is 23.2. The van der Waals surface area contributed by atoms with Gasteiger partial charge in [0.15, 0.2) is 0 Å². The molecule has 0 bridgehead atoms. The second kappa shape index (κ2) is 22.5. The molecule has 1 saturated carbocycles. The Kier molecular flexibility index (Phi) is 17.0. The second-order valence-electron chi connectivity index (χ2n) is 22.4. The van der Waals surface area contributed by atoms with Gasteiger partial charge in [0.2, 0.25) is 17.7 Å². The van der Waals surface area contributed by atoms with E-state index in [4.69, 9.17) is 9.47 Å². The first-order valence-corrected chi connectivity index (χ1v) is 26.3. The van der Waals surface area contributed by atoms with E-state index in [-0.39, 0.29) is 60.7 Å². The number of thiazole rings is 1. The van der Waals surface area contributed by atoms with E-state index in [1.54, 1.807) is 41.5 Å². The Labute approximate surface area is 437 Å². The largest absolute Gasteiger partial charge is 0.489 e. The molecule has 4 amide bonds. The topological polar surface area (TPSA) is 169 Å². The number of piperazine rings is 1. The molecule has 3 N–H and O–H groups in total. The predicted octanol–water partition coefficient (Wildman–Crippen LogP) is 8.20. The van der Waals surface area contributed by atoms with Gasteiger partial charge < -0.3 is 35.2 Å². The predicted molar refractivity (Wildman–Crippen MR) is 278 cm³/mol. The summed E-state index contributed by atoms with van der Waals surface area (Å²) in [6, 6.07) is 18.2. The summed E-state index contributed by atoms with van der Waals surface area (Å²) in [5.41, 5.74) is 2.98. The maximum absolute atomic E-state index is 14.4. The van der Waals surface area contributed by atoms with Crippen molar-refractivity contribution < 1.29 is 41.8 Å². The van der Waals surface area contributed by atoms with Crippen LogP contribution in [0.2, 0.25) is 0 Å². The fraction of sp³-hybridized carbons (Fsp3) is 0.536. The van der Waals surface area contributed by atoms with Crippen molar-refractivity contribution >= 4 is 35.0 Å². The zero-order valence-electron chi connectivity index (χ0n) is 44.2. The standard InChI is InChI=1S/C56H71F3N8O6S/c1-34(37-17-19-38(20-18-37)46-35(2)61-33-74-46)62-49(70)44-29-42(72-10)31-67(44)50(71)47(53(3,4)5)63-45(68)32-66-26-24-65(25-27-66)23-11-12-36-13-15-39(16-14-36)48(69)64-51-54(6,7)52(55(51,8)9)73-41-22-21-40(30-60)43(28-41)56(57,58)59/h13-22,28,33-34,42,44,47,51-52H,11-12,23-27,29,31-32H2,1-10H3,(H,62,70)(H,63,68)(H,64,69)/t34?,42-,44+,47-,51?,52?/m1/s1. The number of hydrogen-bond acceptors (Lipinski definition) is 11. The van der Waals surface area contributed by atoms with Crippen molar-refractivity contribution in [1.82, 2.24) is 35.6 Å². The van der Waals surface area contributed by atoms with Gasteiger partial charge in [-0.15, -0.1) is 11.3 Å². The molecule has 1 aromatic heterocycles. The molecule has 2 saturated heterocycles. The number of methoxy groups -OCH3 is 1. The third kappa shape index (κ3) is 12.6. The zero-order chi connectivity index (χ0) is 53.9. The normalized spacial score (nSPS) is 21.7. The summed E-state index contributed by atoms with van der Waals surface area (Å²) >= 11 is 1.58. The average Bonchev–Trinajstić information content (AvgIpc) is 4.00. The van der Waals surface area contributed by atoms with Gasteiger partial charge in [-0.25, -0.2) is 4.98 Å². The Morgan fingerprint density at radius 3 is 2.15 bits per heavy atom. The molecule has 4 aromatic rings. The molecule has 0 radical (unpaired) electrons. The monoisotopic (exact) mass is 1040 g/mol. The number of carbonyl (C=O) groups is 4. The summed E-state index contributed by atoms with van der Waals surface area (Å²) in [5, 5.41) is 18.5.